The van der Waals surface area contributed by atoms with Gasteiger partial charge in [-0.25, -0.2) is 0 Å². The van der Waals surface area contributed by atoms with Gasteiger partial charge in [-0.1, -0.05) is 11.8 Å². The van der Waals surface area contributed by atoms with E-state index in [4.69, 9.17) is 0 Å². The van der Waals surface area contributed by atoms with E-state index in [1.807, 2.05) is 0 Å². The van der Waals surface area contributed by atoms with Crippen LogP contribution in [0.5, 0.6) is 5.75 Å². The zero-order chi connectivity index (χ0) is 12.0. The first-order valence-electron chi connectivity index (χ1n) is 4.65. The van der Waals surface area contributed by atoms with Gasteiger partial charge in [0.25, 0.3) is 0 Å². The van der Waals surface area contributed by atoms with Crippen LogP contribution in [0.2, 0.25) is 0 Å². The van der Waals surface area contributed by atoms with E-state index in [-0.39, 0.29) is 18.2 Å². The molecule has 16 heavy (non-hydrogen) atoms. The van der Waals surface area contributed by atoms with Crippen LogP contribution in [0.15, 0.2) is 18.2 Å². The van der Waals surface area contributed by atoms with E-state index in [1.54, 1.807) is 0 Å². The highest BCUT2D eigenvalue weighted by molar-refractivity contribution is 5.76. The number of aromatic hydroxyl groups is 1. The summed E-state index contributed by atoms with van der Waals surface area (Å²) in [4.78, 5) is 21.1. The van der Waals surface area contributed by atoms with Crippen molar-refractivity contribution >= 4 is 12.2 Å². The molecule has 4 heteroatoms. The van der Waals surface area contributed by atoms with E-state index in [9.17, 15) is 14.7 Å². The zero-order valence-corrected chi connectivity index (χ0v) is 8.78. The highest BCUT2D eigenvalue weighted by atomic mass is 16.3. The first-order chi connectivity index (χ1) is 7.63. The molecule has 0 aliphatic carbocycles. The SMILES string of the molecule is CC(=O)NCC#Cc1cc(C=O)ccc1O. The molecule has 0 atom stereocenters. The minimum atomic E-state index is -0.167. The molecule has 0 aliphatic heterocycles. The summed E-state index contributed by atoms with van der Waals surface area (Å²) >= 11 is 0. The predicted molar refractivity (Wildman–Crippen MR) is 59.1 cm³/mol. The molecular weight excluding hydrogens is 206 g/mol. The van der Waals surface area contributed by atoms with Gasteiger partial charge in [0, 0.05) is 12.5 Å². The van der Waals surface area contributed by atoms with Crippen molar-refractivity contribution in [2.45, 2.75) is 6.92 Å². The Kier molecular flexibility index (Phi) is 4.10. The highest BCUT2D eigenvalue weighted by Crippen LogP contribution is 2.16. The third-order valence-electron chi connectivity index (χ3n) is 1.81. The van der Waals surface area contributed by atoms with Crippen LogP contribution in [-0.2, 0) is 4.79 Å². The van der Waals surface area contributed by atoms with Gasteiger partial charge in [0.15, 0.2) is 0 Å². The fourth-order valence-corrected chi connectivity index (χ4v) is 1.04. The number of aldehydes is 1. The molecule has 0 radical (unpaired) electrons. The lowest BCUT2D eigenvalue weighted by molar-refractivity contribution is -0.118. The molecule has 1 amide bonds. The highest BCUT2D eigenvalue weighted by Gasteiger charge is 1.98. The Hall–Kier alpha value is -2.28. The Labute approximate surface area is 93.3 Å². The summed E-state index contributed by atoms with van der Waals surface area (Å²) in [5, 5.41) is 11.9. The maximum atomic E-state index is 10.5. The normalized spacial score (nSPS) is 8.81. The smallest absolute Gasteiger partial charge is 0.217 e. The molecule has 0 spiro atoms. The van der Waals surface area contributed by atoms with Gasteiger partial charge in [0.1, 0.15) is 12.0 Å². The van der Waals surface area contributed by atoms with Crippen molar-refractivity contribution in [1.82, 2.24) is 5.32 Å². The third-order valence-corrected chi connectivity index (χ3v) is 1.81. The van der Waals surface area contributed by atoms with Gasteiger partial charge in [-0.3, -0.25) is 9.59 Å². The van der Waals surface area contributed by atoms with Crippen LogP contribution in [0.25, 0.3) is 0 Å². The van der Waals surface area contributed by atoms with Crippen LogP contribution in [0, 0.1) is 11.8 Å². The topological polar surface area (TPSA) is 66.4 Å². The molecule has 0 saturated carbocycles. The quantitative estimate of drug-likeness (QED) is 0.566. The first-order valence-corrected chi connectivity index (χ1v) is 4.65. The molecule has 0 bridgehead atoms. The van der Waals surface area contributed by atoms with Crippen molar-refractivity contribution in [1.29, 1.82) is 0 Å². The minimum Gasteiger partial charge on any atom is -0.507 e. The molecule has 0 heterocycles. The Balaban J connectivity index is 2.79. The maximum absolute atomic E-state index is 10.5. The van der Waals surface area contributed by atoms with Gasteiger partial charge < -0.3 is 10.4 Å². The van der Waals surface area contributed by atoms with Crippen LogP contribution in [0.4, 0.5) is 0 Å². The second-order valence-electron chi connectivity index (χ2n) is 3.11. The number of hydrogen-bond acceptors (Lipinski definition) is 3. The van der Waals surface area contributed by atoms with Crippen molar-refractivity contribution in [3.05, 3.63) is 29.3 Å². The summed E-state index contributed by atoms with van der Waals surface area (Å²) in [6, 6.07) is 4.40. The summed E-state index contributed by atoms with van der Waals surface area (Å²) in [6.07, 6.45) is 0.679. The molecule has 0 aromatic heterocycles. The average molecular weight is 217 g/mol. The van der Waals surface area contributed by atoms with Crippen molar-refractivity contribution in [3.8, 4) is 17.6 Å². The third kappa shape index (κ3) is 3.46. The van der Waals surface area contributed by atoms with E-state index in [0.29, 0.717) is 17.4 Å². The minimum absolute atomic E-state index is 0.0147. The summed E-state index contributed by atoms with van der Waals surface area (Å²) in [5.41, 5.74) is 0.816. The Morgan fingerprint density at radius 1 is 1.56 bits per heavy atom. The monoisotopic (exact) mass is 217 g/mol. The van der Waals surface area contributed by atoms with E-state index >= 15 is 0 Å². The summed E-state index contributed by atoms with van der Waals surface area (Å²) in [6.45, 7) is 1.60. The lowest BCUT2D eigenvalue weighted by Crippen LogP contribution is -2.19. The summed E-state index contributed by atoms with van der Waals surface area (Å²) in [5.74, 6) is 5.18. The van der Waals surface area contributed by atoms with Gasteiger partial charge in [0.05, 0.1) is 12.1 Å². The van der Waals surface area contributed by atoms with E-state index in [2.05, 4.69) is 17.2 Å². The lowest BCUT2D eigenvalue weighted by Gasteiger charge is -1.97. The molecule has 0 saturated heterocycles. The average Bonchev–Trinajstić information content (AvgIpc) is 2.26. The molecule has 2 N–H and O–H groups in total. The molecule has 0 aliphatic rings. The number of amides is 1. The van der Waals surface area contributed by atoms with Gasteiger partial charge in [-0.2, -0.15) is 0 Å². The van der Waals surface area contributed by atoms with Crippen LogP contribution < -0.4 is 5.32 Å². The molecule has 1 aromatic carbocycles. The molecule has 82 valence electrons. The van der Waals surface area contributed by atoms with Crippen molar-refractivity contribution in [2.24, 2.45) is 0 Å². The van der Waals surface area contributed by atoms with Crippen LogP contribution in [0.1, 0.15) is 22.8 Å². The summed E-state index contributed by atoms with van der Waals surface area (Å²) in [7, 11) is 0. The van der Waals surface area contributed by atoms with Crippen LogP contribution >= 0.6 is 0 Å². The van der Waals surface area contributed by atoms with Gasteiger partial charge in [0.2, 0.25) is 5.91 Å². The number of hydrogen-bond donors (Lipinski definition) is 2. The fourth-order valence-electron chi connectivity index (χ4n) is 1.04. The van der Waals surface area contributed by atoms with Crippen molar-refractivity contribution < 1.29 is 14.7 Å². The van der Waals surface area contributed by atoms with Crippen molar-refractivity contribution in [2.75, 3.05) is 6.54 Å². The van der Waals surface area contributed by atoms with Gasteiger partial charge in [-0.15, -0.1) is 0 Å². The fraction of sp³-hybridized carbons (Fsp3) is 0.167. The lowest BCUT2D eigenvalue weighted by atomic mass is 10.1. The maximum Gasteiger partial charge on any atom is 0.217 e. The number of carbonyl (C=O) groups excluding carboxylic acids is 2. The molecular formula is C12H11NO3. The number of nitrogens with one attached hydrogen (secondary N) is 1. The molecule has 1 rings (SSSR count). The zero-order valence-electron chi connectivity index (χ0n) is 8.78. The summed E-state index contributed by atoms with van der Waals surface area (Å²) < 4.78 is 0. The number of carbonyl (C=O) groups is 2. The standard InChI is InChI=1S/C12H11NO3/c1-9(15)13-6-2-3-11-7-10(8-14)4-5-12(11)16/h4-5,7-8,16H,6H2,1H3,(H,13,15). The molecule has 1 aromatic rings. The van der Waals surface area contributed by atoms with Crippen LogP contribution in [0.3, 0.4) is 0 Å². The number of phenolic OH excluding ortho intramolecular Hbond substituents is 1. The molecule has 0 fully saturated rings. The molecule has 0 unspecified atom stereocenters. The van der Waals surface area contributed by atoms with Gasteiger partial charge in [-0.05, 0) is 18.2 Å². The second kappa shape index (κ2) is 5.56. The van der Waals surface area contributed by atoms with E-state index in [1.165, 1.54) is 25.1 Å². The largest absolute Gasteiger partial charge is 0.507 e. The molecule has 4 nitrogen and oxygen atoms in total. The predicted octanol–water partition coefficient (Wildman–Crippen LogP) is 0.692. The Bertz CT molecular complexity index is 469. The van der Waals surface area contributed by atoms with Crippen molar-refractivity contribution in [3.63, 3.8) is 0 Å². The number of rotatable bonds is 2. The van der Waals surface area contributed by atoms with E-state index in [0.717, 1.165) is 0 Å². The Morgan fingerprint density at radius 2 is 2.31 bits per heavy atom. The number of benzene rings is 1. The second-order valence-corrected chi connectivity index (χ2v) is 3.11. The van der Waals surface area contributed by atoms with Crippen LogP contribution in [-0.4, -0.2) is 23.8 Å². The van der Waals surface area contributed by atoms with E-state index < -0.39 is 0 Å². The Morgan fingerprint density at radius 3 is 2.94 bits per heavy atom. The first kappa shape index (κ1) is 11.8. The number of phenols is 1. The van der Waals surface area contributed by atoms with Gasteiger partial charge >= 0.3 is 0 Å².